The molecule has 1 aromatic carbocycles. The van der Waals surface area contributed by atoms with Crippen LogP contribution in [0.15, 0.2) is 18.2 Å². The highest BCUT2D eigenvalue weighted by atomic mass is 32.2. The fraction of sp³-hybridized carbons (Fsp3) is 0.462. The second-order valence-corrected chi connectivity index (χ2v) is 6.66. The van der Waals surface area contributed by atoms with Crippen LogP contribution in [0.4, 0.5) is 5.69 Å². The first-order chi connectivity index (χ1) is 9.16. The van der Waals surface area contributed by atoms with Crippen molar-refractivity contribution < 1.29 is 14.8 Å². The second-order valence-electron chi connectivity index (χ2n) is 5.03. The van der Waals surface area contributed by atoms with Gasteiger partial charge in [-0.3, -0.25) is 14.9 Å². The number of aliphatic carboxylic acids is 1. The lowest BCUT2D eigenvalue weighted by atomic mass is 10.1. The van der Waals surface area contributed by atoms with Gasteiger partial charge in [-0.25, -0.2) is 0 Å². The summed E-state index contributed by atoms with van der Waals surface area (Å²) < 4.78 is -0.664. The molecule has 0 amide bonds. The maximum atomic E-state index is 10.9. The van der Waals surface area contributed by atoms with Crippen molar-refractivity contribution in [1.82, 2.24) is 0 Å². The normalized spacial score (nSPS) is 13.0. The molecular formula is C13H18N2O4S. The Morgan fingerprint density at radius 1 is 1.55 bits per heavy atom. The molecule has 0 aromatic heterocycles. The minimum Gasteiger partial charge on any atom is -0.480 e. The fourth-order valence-electron chi connectivity index (χ4n) is 1.67. The van der Waals surface area contributed by atoms with Crippen LogP contribution in [0.3, 0.4) is 0 Å². The minimum atomic E-state index is -1.06. The zero-order chi connectivity index (χ0) is 15.5. The first-order valence-corrected chi connectivity index (χ1v) is 7.00. The third-order valence-corrected chi connectivity index (χ3v) is 4.68. The number of nitro benzene ring substituents is 1. The molecule has 0 radical (unpaired) electrons. The summed E-state index contributed by atoms with van der Waals surface area (Å²) in [5.74, 6) is -0.583. The Kier molecular flexibility index (Phi) is 5.13. The van der Waals surface area contributed by atoms with E-state index in [0.717, 1.165) is 5.56 Å². The van der Waals surface area contributed by atoms with Gasteiger partial charge in [-0.15, -0.1) is 11.8 Å². The van der Waals surface area contributed by atoms with Crippen molar-refractivity contribution in [1.29, 1.82) is 0 Å². The standard InChI is InChI=1S/C13H18N2O4S/c1-8-9(5-4-6-10(8)15(18)19)7-20-13(2,3)11(14)12(16)17/h4-6,11H,7,14H2,1-3H3,(H,16,17)/t11-/m1/s1. The smallest absolute Gasteiger partial charge is 0.321 e. The van der Waals surface area contributed by atoms with Gasteiger partial charge in [-0.05, 0) is 26.3 Å². The second kappa shape index (κ2) is 6.23. The van der Waals surface area contributed by atoms with Crippen molar-refractivity contribution in [3.05, 3.63) is 39.4 Å². The third-order valence-electron chi connectivity index (χ3n) is 3.23. The number of nitro groups is 1. The van der Waals surface area contributed by atoms with Crippen molar-refractivity contribution >= 4 is 23.4 Å². The van der Waals surface area contributed by atoms with Crippen LogP contribution in [0, 0.1) is 17.0 Å². The van der Waals surface area contributed by atoms with Gasteiger partial charge in [0.05, 0.1) is 4.92 Å². The molecule has 0 spiro atoms. The number of rotatable bonds is 6. The van der Waals surface area contributed by atoms with Crippen LogP contribution in [-0.4, -0.2) is 26.8 Å². The molecule has 0 saturated heterocycles. The Morgan fingerprint density at radius 3 is 2.65 bits per heavy atom. The molecule has 0 aliphatic heterocycles. The number of carboxylic acids is 1. The number of hydrogen-bond donors (Lipinski definition) is 2. The van der Waals surface area contributed by atoms with Crippen LogP contribution in [0.2, 0.25) is 0 Å². The van der Waals surface area contributed by atoms with Gasteiger partial charge >= 0.3 is 5.97 Å². The zero-order valence-electron chi connectivity index (χ0n) is 11.6. The van der Waals surface area contributed by atoms with E-state index >= 15 is 0 Å². The number of nitrogens with zero attached hydrogens (tertiary/aromatic N) is 1. The first kappa shape index (κ1) is 16.5. The molecule has 6 nitrogen and oxygen atoms in total. The quantitative estimate of drug-likeness (QED) is 0.616. The maximum Gasteiger partial charge on any atom is 0.321 e. The number of benzene rings is 1. The van der Waals surface area contributed by atoms with E-state index in [9.17, 15) is 14.9 Å². The summed E-state index contributed by atoms with van der Waals surface area (Å²) in [6, 6.07) is 3.90. The molecule has 3 N–H and O–H groups in total. The van der Waals surface area contributed by atoms with Gasteiger partial charge in [0.2, 0.25) is 0 Å². The molecule has 1 aromatic rings. The van der Waals surface area contributed by atoms with Crippen LogP contribution < -0.4 is 5.73 Å². The van der Waals surface area contributed by atoms with E-state index in [4.69, 9.17) is 10.8 Å². The lowest BCUT2D eigenvalue weighted by Gasteiger charge is -2.28. The van der Waals surface area contributed by atoms with Crippen molar-refractivity contribution in [2.24, 2.45) is 5.73 Å². The van der Waals surface area contributed by atoms with Crippen molar-refractivity contribution in [2.45, 2.75) is 37.3 Å². The van der Waals surface area contributed by atoms with Gasteiger partial charge in [0.25, 0.3) is 5.69 Å². The van der Waals surface area contributed by atoms with E-state index in [1.54, 1.807) is 32.9 Å². The topological polar surface area (TPSA) is 106 Å². The molecular weight excluding hydrogens is 280 g/mol. The molecule has 0 aliphatic carbocycles. The van der Waals surface area contributed by atoms with E-state index in [1.807, 2.05) is 0 Å². The van der Waals surface area contributed by atoms with Crippen molar-refractivity contribution in [3.8, 4) is 0 Å². The van der Waals surface area contributed by atoms with E-state index in [-0.39, 0.29) is 5.69 Å². The van der Waals surface area contributed by atoms with Crippen LogP contribution in [0.5, 0.6) is 0 Å². The van der Waals surface area contributed by atoms with Gasteiger partial charge < -0.3 is 10.8 Å². The summed E-state index contributed by atoms with van der Waals surface area (Å²) in [6.45, 7) is 5.20. The highest BCUT2D eigenvalue weighted by Gasteiger charge is 2.32. The van der Waals surface area contributed by atoms with E-state index in [0.29, 0.717) is 11.3 Å². The van der Waals surface area contributed by atoms with E-state index in [1.165, 1.54) is 17.8 Å². The number of nitrogens with two attached hydrogens (primary N) is 1. The SMILES string of the molecule is Cc1c(CSC(C)(C)[C@H](N)C(=O)O)cccc1[N+](=O)[O-]. The van der Waals surface area contributed by atoms with Crippen LogP contribution in [0.25, 0.3) is 0 Å². The van der Waals surface area contributed by atoms with Gasteiger partial charge in [0, 0.05) is 22.1 Å². The van der Waals surface area contributed by atoms with Gasteiger partial charge in [-0.1, -0.05) is 12.1 Å². The number of hydrogen-bond acceptors (Lipinski definition) is 5. The summed E-state index contributed by atoms with van der Waals surface area (Å²) in [5.41, 5.74) is 7.13. The zero-order valence-corrected chi connectivity index (χ0v) is 12.4. The fourth-order valence-corrected chi connectivity index (χ4v) is 2.80. The predicted molar refractivity (Wildman–Crippen MR) is 78.8 cm³/mol. The summed E-state index contributed by atoms with van der Waals surface area (Å²) >= 11 is 1.37. The number of carboxylic acid groups (broad SMARTS) is 1. The summed E-state index contributed by atoms with van der Waals surface area (Å²) in [7, 11) is 0. The van der Waals surface area contributed by atoms with Crippen molar-refractivity contribution in [3.63, 3.8) is 0 Å². The molecule has 20 heavy (non-hydrogen) atoms. The summed E-state index contributed by atoms with van der Waals surface area (Å²) in [4.78, 5) is 21.4. The molecule has 0 saturated carbocycles. The first-order valence-electron chi connectivity index (χ1n) is 6.02. The monoisotopic (exact) mass is 298 g/mol. The molecule has 0 unspecified atom stereocenters. The van der Waals surface area contributed by atoms with E-state index in [2.05, 4.69) is 0 Å². The van der Waals surface area contributed by atoms with Gasteiger partial charge in [0.15, 0.2) is 0 Å². The van der Waals surface area contributed by atoms with Crippen LogP contribution in [-0.2, 0) is 10.5 Å². The van der Waals surface area contributed by atoms with Crippen molar-refractivity contribution in [2.75, 3.05) is 0 Å². The number of thioether (sulfide) groups is 1. The molecule has 0 aliphatic rings. The summed E-state index contributed by atoms with van der Waals surface area (Å²) in [6.07, 6.45) is 0. The Labute approximate surface area is 121 Å². The highest BCUT2D eigenvalue weighted by molar-refractivity contribution is 7.99. The van der Waals surface area contributed by atoms with E-state index < -0.39 is 21.7 Å². The molecule has 1 rings (SSSR count). The molecule has 0 bridgehead atoms. The highest BCUT2D eigenvalue weighted by Crippen LogP contribution is 2.33. The lowest BCUT2D eigenvalue weighted by molar-refractivity contribution is -0.385. The Balaban J connectivity index is 2.88. The lowest BCUT2D eigenvalue weighted by Crippen LogP contribution is -2.46. The molecule has 7 heteroatoms. The largest absolute Gasteiger partial charge is 0.480 e. The summed E-state index contributed by atoms with van der Waals surface area (Å²) in [5, 5.41) is 19.8. The Bertz CT molecular complexity index is 531. The Morgan fingerprint density at radius 2 is 2.15 bits per heavy atom. The molecule has 1 atom stereocenters. The number of carbonyl (C=O) groups is 1. The van der Waals surface area contributed by atoms with Crippen LogP contribution >= 0.6 is 11.8 Å². The van der Waals surface area contributed by atoms with Gasteiger partial charge in [-0.2, -0.15) is 0 Å². The average molecular weight is 298 g/mol. The Hall–Kier alpha value is -1.60. The average Bonchev–Trinajstić information content (AvgIpc) is 2.36. The maximum absolute atomic E-state index is 10.9. The minimum absolute atomic E-state index is 0.0726. The van der Waals surface area contributed by atoms with Crippen LogP contribution in [0.1, 0.15) is 25.0 Å². The predicted octanol–water partition coefficient (Wildman–Crippen LogP) is 2.33. The third kappa shape index (κ3) is 3.71. The van der Waals surface area contributed by atoms with Gasteiger partial charge in [0.1, 0.15) is 6.04 Å². The molecule has 0 fully saturated rings. The molecule has 0 heterocycles. The molecule has 110 valence electrons.